The standard InChI is InChI=1S/C14H25F2N3O/c1-11(10-17)18-6-8-19(9-7-18)13(20)12-2-4-14(15,16)5-3-12/h11-12H,2-10,17H2,1H3. The zero-order chi connectivity index (χ0) is 14.8. The van der Waals surface area contributed by atoms with Crippen LogP contribution in [0, 0.1) is 5.92 Å². The number of alkyl halides is 2. The lowest BCUT2D eigenvalue weighted by molar-refractivity contribution is -0.141. The van der Waals surface area contributed by atoms with Gasteiger partial charge in [-0.1, -0.05) is 0 Å². The molecule has 0 radical (unpaired) electrons. The monoisotopic (exact) mass is 289 g/mol. The van der Waals surface area contributed by atoms with Crippen molar-refractivity contribution in [1.29, 1.82) is 0 Å². The normalized spacial score (nSPS) is 26.5. The van der Waals surface area contributed by atoms with E-state index < -0.39 is 5.92 Å². The number of amides is 1. The first kappa shape index (κ1) is 15.6. The van der Waals surface area contributed by atoms with Crippen LogP contribution < -0.4 is 5.73 Å². The molecule has 4 nitrogen and oxygen atoms in total. The van der Waals surface area contributed by atoms with E-state index in [-0.39, 0.29) is 24.7 Å². The van der Waals surface area contributed by atoms with Crippen molar-refractivity contribution in [2.45, 2.75) is 44.6 Å². The zero-order valence-corrected chi connectivity index (χ0v) is 12.2. The molecule has 1 amide bonds. The van der Waals surface area contributed by atoms with Gasteiger partial charge in [-0.15, -0.1) is 0 Å². The molecule has 2 rings (SSSR count). The Morgan fingerprint density at radius 1 is 1.25 bits per heavy atom. The molecule has 1 heterocycles. The van der Waals surface area contributed by atoms with Crippen molar-refractivity contribution in [2.24, 2.45) is 11.7 Å². The minimum atomic E-state index is -2.56. The molecule has 0 aromatic carbocycles. The van der Waals surface area contributed by atoms with E-state index >= 15 is 0 Å². The van der Waals surface area contributed by atoms with Crippen molar-refractivity contribution in [3.8, 4) is 0 Å². The number of hydrogen-bond acceptors (Lipinski definition) is 3. The number of piperazine rings is 1. The first-order chi connectivity index (χ1) is 9.43. The van der Waals surface area contributed by atoms with E-state index in [1.807, 2.05) is 4.90 Å². The van der Waals surface area contributed by atoms with Gasteiger partial charge in [0.1, 0.15) is 0 Å². The second-order valence-electron chi connectivity index (χ2n) is 6.08. The van der Waals surface area contributed by atoms with Crippen LogP contribution in [0.4, 0.5) is 8.78 Å². The highest BCUT2D eigenvalue weighted by molar-refractivity contribution is 5.79. The lowest BCUT2D eigenvalue weighted by atomic mass is 9.86. The van der Waals surface area contributed by atoms with Gasteiger partial charge in [0.05, 0.1) is 0 Å². The minimum absolute atomic E-state index is 0.0700. The van der Waals surface area contributed by atoms with Crippen molar-refractivity contribution in [3.63, 3.8) is 0 Å². The van der Waals surface area contributed by atoms with Crippen LogP contribution >= 0.6 is 0 Å². The Bertz CT molecular complexity index is 333. The average Bonchev–Trinajstić information content (AvgIpc) is 2.46. The Kier molecular flexibility index (Phi) is 4.96. The fourth-order valence-corrected chi connectivity index (χ4v) is 3.08. The molecule has 1 aliphatic heterocycles. The highest BCUT2D eigenvalue weighted by Crippen LogP contribution is 2.36. The molecule has 1 aliphatic carbocycles. The van der Waals surface area contributed by atoms with Crippen LogP contribution in [0.25, 0.3) is 0 Å². The molecule has 2 aliphatic rings. The van der Waals surface area contributed by atoms with Gasteiger partial charge in [-0.3, -0.25) is 9.69 Å². The second kappa shape index (κ2) is 6.35. The first-order valence-corrected chi connectivity index (χ1v) is 7.53. The van der Waals surface area contributed by atoms with Crippen molar-refractivity contribution >= 4 is 5.91 Å². The van der Waals surface area contributed by atoms with Gasteiger partial charge < -0.3 is 10.6 Å². The van der Waals surface area contributed by atoms with Crippen LogP contribution in [0.15, 0.2) is 0 Å². The quantitative estimate of drug-likeness (QED) is 0.852. The average molecular weight is 289 g/mol. The second-order valence-corrected chi connectivity index (χ2v) is 6.08. The van der Waals surface area contributed by atoms with Gasteiger partial charge in [0, 0.05) is 57.5 Å². The molecule has 1 unspecified atom stereocenters. The number of carbonyl (C=O) groups is 1. The van der Waals surface area contributed by atoms with Crippen LogP contribution in [0.5, 0.6) is 0 Å². The highest BCUT2D eigenvalue weighted by Gasteiger charge is 2.39. The fraction of sp³-hybridized carbons (Fsp3) is 0.929. The van der Waals surface area contributed by atoms with E-state index in [0.717, 1.165) is 13.1 Å². The number of nitrogens with zero attached hydrogens (tertiary/aromatic N) is 2. The van der Waals surface area contributed by atoms with Gasteiger partial charge in [-0.05, 0) is 19.8 Å². The summed E-state index contributed by atoms with van der Waals surface area (Å²) in [6.07, 6.45) is 0.359. The largest absolute Gasteiger partial charge is 0.340 e. The molecule has 1 saturated heterocycles. The van der Waals surface area contributed by atoms with E-state index in [1.165, 1.54) is 0 Å². The molecule has 1 saturated carbocycles. The Labute approximate surface area is 119 Å². The third-order valence-electron chi connectivity index (χ3n) is 4.66. The molecule has 2 N–H and O–H groups in total. The maximum absolute atomic E-state index is 13.1. The van der Waals surface area contributed by atoms with Gasteiger partial charge >= 0.3 is 0 Å². The zero-order valence-electron chi connectivity index (χ0n) is 12.2. The maximum atomic E-state index is 13.1. The molecule has 0 aromatic rings. The maximum Gasteiger partial charge on any atom is 0.248 e. The van der Waals surface area contributed by atoms with Crippen molar-refractivity contribution in [1.82, 2.24) is 9.80 Å². The lowest BCUT2D eigenvalue weighted by Crippen LogP contribution is -2.54. The number of rotatable bonds is 3. The Morgan fingerprint density at radius 2 is 1.80 bits per heavy atom. The van der Waals surface area contributed by atoms with E-state index in [2.05, 4.69) is 11.8 Å². The molecule has 116 valence electrons. The van der Waals surface area contributed by atoms with E-state index in [0.29, 0.717) is 38.5 Å². The summed E-state index contributed by atoms with van der Waals surface area (Å²) in [4.78, 5) is 16.5. The van der Waals surface area contributed by atoms with Crippen molar-refractivity contribution < 1.29 is 13.6 Å². The smallest absolute Gasteiger partial charge is 0.248 e. The van der Waals surface area contributed by atoms with E-state index in [4.69, 9.17) is 5.73 Å². The van der Waals surface area contributed by atoms with Gasteiger partial charge in [-0.25, -0.2) is 8.78 Å². The Hall–Kier alpha value is -0.750. The number of carbonyl (C=O) groups excluding carboxylic acids is 1. The molecule has 0 aromatic heterocycles. The topological polar surface area (TPSA) is 49.6 Å². The summed E-state index contributed by atoms with van der Waals surface area (Å²) in [5.41, 5.74) is 5.65. The van der Waals surface area contributed by atoms with Crippen LogP contribution in [-0.2, 0) is 4.79 Å². The Balaban J connectivity index is 1.80. The lowest BCUT2D eigenvalue weighted by Gasteiger charge is -2.39. The molecule has 0 bridgehead atoms. The molecular formula is C14H25F2N3O. The van der Waals surface area contributed by atoms with Gasteiger partial charge in [0.15, 0.2) is 0 Å². The van der Waals surface area contributed by atoms with E-state index in [9.17, 15) is 13.6 Å². The minimum Gasteiger partial charge on any atom is -0.340 e. The molecule has 2 fully saturated rings. The van der Waals surface area contributed by atoms with Crippen LogP contribution in [0.1, 0.15) is 32.6 Å². The predicted molar refractivity (Wildman–Crippen MR) is 73.6 cm³/mol. The fourth-order valence-electron chi connectivity index (χ4n) is 3.08. The summed E-state index contributed by atoms with van der Waals surface area (Å²) in [5, 5.41) is 0. The predicted octanol–water partition coefficient (Wildman–Crippen LogP) is 1.30. The SMILES string of the molecule is CC(CN)N1CCN(C(=O)C2CCC(F)(F)CC2)CC1. The summed E-state index contributed by atoms with van der Waals surface area (Å²) in [5.74, 6) is -2.69. The molecule has 20 heavy (non-hydrogen) atoms. The number of halogens is 2. The molecule has 6 heteroatoms. The highest BCUT2D eigenvalue weighted by atomic mass is 19.3. The number of nitrogens with two attached hydrogens (primary N) is 1. The van der Waals surface area contributed by atoms with Gasteiger partial charge in [0.25, 0.3) is 0 Å². The van der Waals surface area contributed by atoms with Crippen molar-refractivity contribution in [2.75, 3.05) is 32.7 Å². The molecule has 1 atom stereocenters. The first-order valence-electron chi connectivity index (χ1n) is 7.53. The van der Waals surface area contributed by atoms with Crippen LogP contribution in [-0.4, -0.2) is 60.4 Å². The van der Waals surface area contributed by atoms with Crippen LogP contribution in [0.2, 0.25) is 0 Å². The summed E-state index contributed by atoms with van der Waals surface area (Å²) in [7, 11) is 0. The summed E-state index contributed by atoms with van der Waals surface area (Å²) >= 11 is 0. The Morgan fingerprint density at radius 3 is 2.30 bits per heavy atom. The molecule has 0 spiro atoms. The van der Waals surface area contributed by atoms with Gasteiger partial charge in [-0.2, -0.15) is 0 Å². The third kappa shape index (κ3) is 3.67. The number of hydrogen-bond donors (Lipinski definition) is 1. The van der Waals surface area contributed by atoms with Crippen LogP contribution in [0.3, 0.4) is 0 Å². The van der Waals surface area contributed by atoms with E-state index in [1.54, 1.807) is 0 Å². The third-order valence-corrected chi connectivity index (χ3v) is 4.66. The summed E-state index contributed by atoms with van der Waals surface area (Å²) in [6.45, 7) is 5.73. The molecular weight excluding hydrogens is 264 g/mol. The summed E-state index contributed by atoms with van der Waals surface area (Å²) in [6, 6.07) is 0.334. The summed E-state index contributed by atoms with van der Waals surface area (Å²) < 4.78 is 26.2. The van der Waals surface area contributed by atoms with Gasteiger partial charge in [0.2, 0.25) is 11.8 Å². The van der Waals surface area contributed by atoms with Crippen molar-refractivity contribution in [3.05, 3.63) is 0 Å².